The Morgan fingerprint density at radius 1 is 1.04 bits per heavy atom. The normalized spacial score (nSPS) is 19.3. The highest BCUT2D eigenvalue weighted by Crippen LogP contribution is 2.40. The molecule has 0 saturated carbocycles. The van der Waals surface area contributed by atoms with E-state index in [1.165, 1.54) is 38.2 Å². The molecule has 1 N–H and O–H groups in total. The fourth-order valence-corrected chi connectivity index (χ4v) is 4.83. The van der Waals surface area contributed by atoms with Crippen molar-refractivity contribution in [1.29, 1.82) is 0 Å². The minimum absolute atomic E-state index is 0.207. The second-order valence-electron chi connectivity index (χ2n) is 7.88. The number of benzene rings is 3. The number of carbonyl (C=O) groups is 1. The number of aryl methyl sites for hydroxylation is 2. The minimum atomic E-state index is 0.207. The van der Waals surface area contributed by atoms with Crippen LogP contribution < -0.4 is 10.1 Å². The fraction of sp³-hybridized carbons (Fsp3) is 0.348. The number of carbonyl (C=O) groups excluding carboxylic acids is 1. The van der Waals surface area contributed by atoms with Gasteiger partial charge in [0.1, 0.15) is 5.75 Å². The first-order chi connectivity index (χ1) is 13.1. The average molecular weight is 360 g/mol. The SMILES string of the molecule is COc1cc2c3c(c4ccc(C)cc4c2cc1C)CN1C(=O)CNC[C@@H]1C3. The Labute approximate surface area is 159 Å². The maximum atomic E-state index is 12.5. The predicted molar refractivity (Wildman–Crippen MR) is 108 cm³/mol. The molecule has 0 aliphatic carbocycles. The van der Waals surface area contributed by atoms with Crippen LogP contribution in [-0.2, 0) is 17.8 Å². The molecule has 0 radical (unpaired) electrons. The lowest BCUT2D eigenvalue weighted by molar-refractivity contribution is -0.136. The molecule has 4 heteroatoms. The Morgan fingerprint density at radius 2 is 1.85 bits per heavy atom. The first-order valence-electron chi connectivity index (χ1n) is 9.59. The molecule has 5 rings (SSSR count). The van der Waals surface area contributed by atoms with E-state index in [1.54, 1.807) is 7.11 Å². The first kappa shape index (κ1) is 16.6. The van der Waals surface area contributed by atoms with Crippen LogP contribution in [0.2, 0.25) is 0 Å². The molecular weight excluding hydrogens is 336 g/mol. The lowest BCUT2D eigenvalue weighted by Gasteiger charge is -2.41. The van der Waals surface area contributed by atoms with Crippen molar-refractivity contribution in [3.05, 3.63) is 52.6 Å². The number of hydrogen-bond acceptors (Lipinski definition) is 3. The summed E-state index contributed by atoms with van der Waals surface area (Å²) < 4.78 is 5.63. The molecule has 2 aliphatic heterocycles. The maximum absolute atomic E-state index is 12.5. The lowest BCUT2D eigenvalue weighted by atomic mass is 9.83. The lowest BCUT2D eigenvalue weighted by Crippen LogP contribution is -2.56. The predicted octanol–water partition coefficient (Wildman–Crippen LogP) is 3.47. The van der Waals surface area contributed by atoms with Gasteiger partial charge in [0.15, 0.2) is 0 Å². The highest BCUT2D eigenvalue weighted by atomic mass is 16.5. The standard InChI is InChI=1S/C23H24N2O2/c1-13-4-5-16-17(6-13)18-7-14(2)22(27-3)9-20(18)19-8-15-10-24-11-23(26)25(15)12-21(16)19/h4-7,9,15,24H,8,10-12H2,1-3H3/t15-/m0/s1. The van der Waals surface area contributed by atoms with Gasteiger partial charge in [-0.15, -0.1) is 0 Å². The third-order valence-corrected chi connectivity index (χ3v) is 6.20. The van der Waals surface area contributed by atoms with Gasteiger partial charge >= 0.3 is 0 Å². The summed E-state index contributed by atoms with van der Waals surface area (Å²) in [6.45, 7) is 6.25. The molecular formula is C23H24N2O2. The van der Waals surface area contributed by atoms with Gasteiger partial charge in [-0.05, 0) is 70.6 Å². The summed E-state index contributed by atoms with van der Waals surface area (Å²) in [6.07, 6.45) is 0.889. The summed E-state index contributed by atoms with van der Waals surface area (Å²) in [5.41, 5.74) is 5.08. The topological polar surface area (TPSA) is 41.6 Å². The molecule has 3 aromatic rings. The van der Waals surface area contributed by atoms with Gasteiger partial charge in [-0.1, -0.05) is 23.8 Å². The second kappa shape index (κ2) is 5.96. The van der Waals surface area contributed by atoms with Crippen molar-refractivity contribution >= 4 is 27.5 Å². The van der Waals surface area contributed by atoms with Crippen molar-refractivity contribution in [3.63, 3.8) is 0 Å². The van der Waals surface area contributed by atoms with Crippen molar-refractivity contribution in [2.24, 2.45) is 0 Å². The van der Waals surface area contributed by atoms with Crippen LogP contribution in [0.5, 0.6) is 5.75 Å². The number of fused-ring (bicyclic) bond motifs is 7. The monoisotopic (exact) mass is 360 g/mol. The average Bonchev–Trinajstić information content (AvgIpc) is 2.67. The molecule has 0 bridgehead atoms. The number of nitrogens with one attached hydrogen (secondary N) is 1. The molecule has 1 atom stereocenters. The molecule has 1 saturated heterocycles. The van der Waals surface area contributed by atoms with E-state index in [0.717, 1.165) is 24.3 Å². The third-order valence-electron chi connectivity index (χ3n) is 6.20. The van der Waals surface area contributed by atoms with Crippen LogP contribution in [0.1, 0.15) is 22.3 Å². The number of hydrogen-bond donors (Lipinski definition) is 1. The van der Waals surface area contributed by atoms with Crippen molar-refractivity contribution in [3.8, 4) is 5.75 Å². The van der Waals surface area contributed by atoms with Gasteiger partial charge < -0.3 is 15.0 Å². The van der Waals surface area contributed by atoms with Gasteiger partial charge in [0.25, 0.3) is 0 Å². The van der Waals surface area contributed by atoms with Gasteiger partial charge in [0, 0.05) is 19.1 Å². The quantitative estimate of drug-likeness (QED) is 0.676. The summed E-state index contributed by atoms with van der Waals surface area (Å²) in [6, 6.07) is 11.4. The van der Waals surface area contributed by atoms with Crippen LogP contribution in [0.4, 0.5) is 0 Å². The Morgan fingerprint density at radius 3 is 2.67 bits per heavy atom. The van der Waals surface area contributed by atoms with E-state index in [1.807, 2.05) is 0 Å². The highest BCUT2D eigenvalue weighted by Gasteiger charge is 2.34. The highest BCUT2D eigenvalue weighted by molar-refractivity contribution is 6.12. The number of rotatable bonds is 1. The van der Waals surface area contributed by atoms with Gasteiger partial charge in [-0.3, -0.25) is 4.79 Å². The molecule has 0 unspecified atom stereocenters. The second-order valence-corrected chi connectivity index (χ2v) is 7.88. The largest absolute Gasteiger partial charge is 0.496 e. The first-order valence-corrected chi connectivity index (χ1v) is 9.59. The van der Waals surface area contributed by atoms with Gasteiger partial charge in [-0.25, -0.2) is 0 Å². The Hall–Kier alpha value is -2.59. The molecule has 138 valence electrons. The molecule has 2 aliphatic rings. The Balaban J connectivity index is 1.87. The van der Waals surface area contributed by atoms with Crippen molar-refractivity contribution in [2.45, 2.75) is 32.9 Å². The Kier molecular flexibility index (Phi) is 3.66. The number of methoxy groups -OCH3 is 1. The van der Waals surface area contributed by atoms with E-state index in [9.17, 15) is 4.79 Å². The van der Waals surface area contributed by atoms with Crippen LogP contribution in [0.25, 0.3) is 21.5 Å². The van der Waals surface area contributed by atoms with E-state index in [-0.39, 0.29) is 11.9 Å². The van der Waals surface area contributed by atoms with Crippen molar-refractivity contribution in [1.82, 2.24) is 10.2 Å². The molecule has 1 fully saturated rings. The van der Waals surface area contributed by atoms with Crippen LogP contribution >= 0.6 is 0 Å². The molecule has 27 heavy (non-hydrogen) atoms. The van der Waals surface area contributed by atoms with E-state index < -0.39 is 0 Å². The number of nitrogens with zero attached hydrogens (tertiary/aromatic N) is 1. The molecule has 2 heterocycles. The van der Waals surface area contributed by atoms with E-state index in [4.69, 9.17) is 4.74 Å². The zero-order valence-electron chi connectivity index (χ0n) is 16.1. The van der Waals surface area contributed by atoms with Gasteiger partial charge in [-0.2, -0.15) is 0 Å². The molecule has 0 spiro atoms. The summed E-state index contributed by atoms with van der Waals surface area (Å²) in [5, 5.41) is 8.38. The van der Waals surface area contributed by atoms with E-state index >= 15 is 0 Å². The van der Waals surface area contributed by atoms with Crippen molar-refractivity contribution < 1.29 is 9.53 Å². The summed E-state index contributed by atoms with van der Waals surface area (Å²) in [7, 11) is 1.73. The smallest absolute Gasteiger partial charge is 0.237 e. The summed E-state index contributed by atoms with van der Waals surface area (Å²) in [4.78, 5) is 14.5. The van der Waals surface area contributed by atoms with Crippen LogP contribution in [-0.4, -0.2) is 37.0 Å². The molecule has 4 nitrogen and oxygen atoms in total. The maximum Gasteiger partial charge on any atom is 0.237 e. The van der Waals surface area contributed by atoms with Gasteiger partial charge in [0.05, 0.1) is 13.7 Å². The summed E-state index contributed by atoms with van der Waals surface area (Å²) in [5.74, 6) is 1.13. The zero-order chi connectivity index (χ0) is 18.7. The Bertz CT molecular complexity index is 1100. The number of amides is 1. The van der Waals surface area contributed by atoms with Crippen LogP contribution in [0.15, 0.2) is 30.3 Å². The zero-order valence-corrected chi connectivity index (χ0v) is 16.1. The number of ether oxygens (including phenoxy) is 1. The van der Waals surface area contributed by atoms with Crippen LogP contribution in [0, 0.1) is 13.8 Å². The van der Waals surface area contributed by atoms with Crippen LogP contribution in [0.3, 0.4) is 0 Å². The minimum Gasteiger partial charge on any atom is -0.496 e. The molecule has 0 aromatic heterocycles. The van der Waals surface area contributed by atoms with E-state index in [0.29, 0.717) is 13.1 Å². The van der Waals surface area contributed by atoms with E-state index in [2.05, 4.69) is 54.4 Å². The number of piperazine rings is 1. The molecule has 3 aromatic carbocycles. The third kappa shape index (κ3) is 2.43. The van der Waals surface area contributed by atoms with Gasteiger partial charge in [0.2, 0.25) is 5.91 Å². The summed E-state index contributed by atoms with van der Waals surface area (Å²) >= 11 is 0. The fourth-order valence-electron chi connectivity index (χ4n) is 4.83. The van der Waals surface area contributed by atoms with Crippen molar-refractivity contribution in [2.75, 3.05) is 20.2 Å². The molecule has 1 amide bonds.